The number of hydrogen-bond donors (Lipinski definition) is 1. The molecule has 0 unspecified atom stereocenters. The highest BCUT2D eigenvalue weighted by Crippen LogP contribution is 2.26. The van der Waals surface area contributed by atoms with Crippen molar-refractivity contribution in [2.75, 3.05) is 0 Å². The van der Waals surface area contributed by atoms with E-state index in [4.69, 9.17) is 5.21 Å². The molecular weight excluding hydrogens is 312 g/mol. The fraction of sp³-hybridized carbons (Fsp3) is 0.0500. The summed E-state index contributed by atoms with van der Waals surface area (Å²) in [5, 5.41) is 12.2. The summed E-state index contributed by atoms with van der Waals surface area (Å²) in [5.74, 6) is 0. The van der Waals surface area contributed by atoms with Crippen molar-refractivity contribution < 1.29 is 5.21 Å². The molecule has 4 rings (SSSR count). The van der Waals surface area contributed by atoms with Gasteiger partial charge in [0.15, 0.2) is 0 Å². The van der Waals surface area contributed by atoms with E-state index in [-0.39, 0.29) is 0 Å². The highest BCUT2D eigenvalue weighted by atomic mass is 16.4. The number of benzene rings is 1. The van der Waals surface area contributed by atoms with Gasteiger partial charge >= 0.3 is 0 Å². The summed E-state index contributed by atoms with van der Waals surface area (Å²) in [5.41, 5.74) is 6.49. The number of rotatable bonds is 3. The third kappa shape index (κ3) is 2.76. The number of oxime groups is 1. The molecule has 1 N–H and O–H groups in total. The van der Waals surface area contributed by atoms with E-state index in [2.05, 4.69) is 33.3 Å². The van der Waals surface area contributed by atoms with Crippen LogP contribution in [0.15, 0.2) is 78.5 Å². The van der Waals surface area contributed by atoms with E-state index in [0.29, 0.717) is 5.71 Å². The Morgan fingerprint density at radius 1 is 1.00 bits per heavy atom. The van der Waals surface area contributed by atoms with Crippen LogP contribution >= 0.6 is 0 Å². The van der Waals surface area contributed by atoms with Gasteiger partial charge in [-0.25, -0.2) is 4.98 Å². The first-order chi connectivity index (χ1) is 12.3. The normalized spacial score (nSPS) is 11.8. The van der Waals surface area contributed by atoms with Gasteiger partial charge in [0.25, 0.3) is 0 Å². The molecule has 0 aliphatic heterocycles. The summed E-state index contributed by atoms with van der Waals surface area (Å²) in [6, 6.07) is 16.1. The zero-order chi connectivity index (χ0) is 17.2. The van der Waals surface area contributed by atoms with E-state index >= 15 is 0 Å². The second kappa shape index (κ2) is 6.20. The van der Waals surface area contributed by atoms with Crippen LogP contribution in [-0.2, 0) is 0 Å². The lowest BCUT2D eigenvalue weighted by Gasteiger charge is -2.06. The van der Waals surface area contributed by atoms with Gasteiger partial charge in [0.2, 0.25) is 0 Å². The monoisotopic (exact) mass is 328 g/mol. The van der Waals surface area contributed by atoms with Crippen LogP contribution in [0.5, 0.6) is 0 Å². The summed E-state index contributed by atoms with van der Waals surface area (Å²) in [7, 11) is 0. The molecule has 25 heavy (non-hydrogen) atoms. The van der Waals surface area contributed by atoms with E-state index in [1.54, 1.807) is 13.1 Å². The molecule has 122 valence electrons. The minimum Gasteiger partial charge on any atom is -0.411 e. The van der Waals surface area contributed by atoms with Gasteiger partial charge in [0, 0.05) is 35.3 Å². The SMILES string of the molecule is C/C(=N\O)c1ccn2c(-c3cccc(-c4cccnc4)c3)cnc2c1. The van der Waals surface area contributed by atoms with Crippen LogP contribution in [0.4, 0.5) is 0 Å². The third-order valence-electron chi connectivity index (χ3n) is 4.23. The fourth-order valence-corrected chi connectivity index (χ4v) is 2.87. The molecule has 0 bridgehead atoms. The Kier molecular flexibility index (Phi) is 3.74. The van der Waals surface area contributed by atoms with E-state index in [1.165, 1.54) is 0 Å². The van der Waals surface area contributed by atoms with Gasteiger partial charge < -0.3 is 5.21 Å². The molecule has 0 fully saturated rings. The van der Waals surface area contributed by atoms with Gasteiger partial charge in [-0.2, -0.15) is 0 Å². The lowest BCUT2D eigenvalue weighted by Crippen LogP contribution is -1.97. The van der Waals surface area contributed by atoms with Crippen LogP contribution in [0.3, 0.4) is 0 Å². The fourth-order valence-electron chi connectivity index (χ4n) is 2.87. The molecule has 5 heteroatoms. The number of imidazole rings is 1. The molecular formula is C20H16N4O. The number of pyridine rings is 2. The summed E-state index contributed by atoms with van der Waals surface area (Å²) in [6.45, 7) is 1.76. The molecule has 5 nitrogen and oxygen atoms in total. The lowest BCUT2D eigenvalue weighted by atomic mass is 10.0. The average Bonchev–Trinajstić information content (AvgIpc) is 3.11. The molecule has 0 aliphatic carbocycles. The van der Waals surface area contributed by atoms with Crippen molar-refractivity contribution in [1.29, 1.82) is 0 Å². The van der Waals surface area contributed by atoms with Crippen molar-refractivity contribution in [3.8, 4) is 22.4 Å². The zero-order valence-electron chi connectivity index (χ0n) is 13.7. The van der Waals surface area contributed by atoms with Crippen molar-refractivity contribution in [3.05, 3.63) is 78.9 Å². The van der Waals surface area contributed by atoms with Crippen LogP contribution in [0.1, 0.15) is 12.5 Å². The number of nitrogens with zero attached hydrogens (tertiary/aromatic N) is 4. The first kappa shape index (κ1) is 15.1. The van der Waals surface area contributed by atoms with Crippen molar-refractivity contribution in [1.82, 2.24) is 14.4 Å². The second-order valence-corrected chi connectivity index (χ2v) is 5.79. The van der Waals surface area contributed by atoms with E-state index < -0.39 is 0 Å². The van der Waals surface area contributed by atoms with Gasteiger partial charge in [-0.15, -0.1) is 0 Å². The van der Waals surface area contributed by atoms with Crippen LogP contribution in [0.25, 0.3) is 28.0 Å². The Bertz CT molecular complexity index is 1070. The molecule has 3 aromatic heterocycles. The predicted octanol–water partition coefficient (Wildman–Crippen LogP) is 4.26. The quantitative estimate of drug-likeness (QED) is 0.347. The van der Waals surface area contributed by atoms with Crippen LogP contribution in [0, 0.1) is 0 Å². The lowest BCUT2D eigenvalue weighted by molar-refractivity contribution is 0.319. The highest BCUT2D eigenvalue weighted by molar-refractivity contribution is 5.99. The Hall–Kier alpha value is -3.47. The number of hydrogen-bond acceptors (Lipinski definition) is 4. The number of fused-ring (bicyclic) bond motifs is 1. The van der Waals surface area contributed by atoms with Gasteiger partial charge in [0.05, 0.1) is 17.6 Å². The number of aromatic nitrogens is 3. The Morgan fingerprint density at radius 2 is 1.84 bits per heavy atom. The summed E-state index contributed by atoms with van der Waals surface area (Å²) in [6.07, 6.45) is 7.43. The average molecular weight is 328 g/mol. The molecule has 0 aliphatic rings. The molecule has 0 spiro atoms. The van der Waals surface area contributed by atoms with Crippen molar-refractivity contribution in [2.45, 2.75) is 6.92 Å². The maximum Gasteiger partial charge on any atom is 0.137 e. The summed E-state index contributed by atoms with van der Waals surface area (Å²) >= 11 is 0. The third-order valence-corrected chi connectivity index (χ3v) is 4.23. The predicted molar refractivity (Wildman–Crippen MR) is 97.9 cm³/mol. The van der Waals surface area contributed by atoms with E-state index in [9.17, 15) is 0 Å². The van der Waals surface area contributed by atoms with Gasteiger partial charge in [-0.1, -0.05) is 29.4 Å². The molecule has 0 amide bonds. The van der Waals surface area contributed by atoms with Crippen LogP contribution in [0.2, 0.25) is 0 Å². The van der Waals surface area contributed by atoms with Gasteiger partial charge in [0.1, 0.15) is 5.65 Å². The van der Waals surface area contributed by atoms with Gasteiger partial charge in [-0.05, 0) is 36.8 Å². The first-order valence-corrected chi connectivity index (χ1v) is 7.93. The van der Waals surface area contributed by atoms with Crippen molar-refractivity contribution in [2.24, 2.45) is 5.16 Å². The molecule has 0 atom stereocenters. The second-order valence-electron chi connectivity index (χ2n) is 5.79. The highest BCUT2D eigenvalue weighted by Gasteiger charge is 2.09. The largest absolute Gasteiger partial charge is 0.411 e. The first-order valence-electron chi connectivity index (χ1n) is 7.93. The molecule has 0 saturated carbocycles. The van der Waals surface area contributed by atoms with Crippen molar-refractivity contribution in [3.63, 3.8) is 0 Å². The van der Waals surface area contributed by atoms with Gasteiger partial charge in [-0.3, -0.25) is 9.38 Å². The standard InChI is InChI=1S/C20H16N4O/c1-14(23-25)15-7-9-24-19(13-22-20(24)11-15)17-5-2-4-16(10-17)18-6-3-8-21-12-18/h2-13,25H,1H3/b23-14+. The summed E-state index contributed by atoms with van der Waals surface area (Å²) in [4.78, 5) is 8.68. The van der Waals surface area contributed by atoms with Crippen molar-refractivity contribution >= 4 is 11.4 Å². The molecule has 4 aromatic rings. The minimum absolute atomic E-state index is 0.561. The van der Waals surface area contributed by atoms with E-state index in [0.717, 1.165) is 33.6 Å². The molecule has 1 aromatic carbocycles. The van der Waals surface area contributed by atoms with E-state index in [1.807, 2.05) is 53.3 Å². The topological polar surface area (TPSA) is 62.8 Å². The maximum atomic E-state index is 8.94. The molecule has 3 heterocycles. The smallest absolute Gasteiger partial charge is 0.137 e. The Balaban J connectivity index is 1.80. The maximum absolute atomic E-state index is 8.94. The molecule has 0 saturated heterocycles. The van der Waals surface area contributed by atoms with Crippen LogP contribution in [-0.4, -0.2) is 25.3 Å². The minimum atomic E-state index is 0.561. The Labute approximate surface area is 144 Å². The zero-order valence-corrected chi connectivity index (χ0v) is 13.7. The summed E-state index contributed by atoms with van der Waals surface area (Å²) < 4.78 is 2.02. The Morgan fingerprint density at radius 3 is 2.64 bits per heavy atom. The van der Waals surface area contributed by atoms with Crippen LogP contribution < -0.4 is 0 Å². The molecule has 0 radical (unpaired) electrons.